The maximum atomic E-state index is 12.2. The van der Waals surface area contributed by atoms with Gasteiger partial charge in [0.1, 0.15) is 5.78 Å². The summed E-state index contributed by atoms with van der Waals surface area (Å²) >= 11 is 0. The highest BCUT2D eigenvalue weighted by Gasteiger charge is 2.23. The van der Waals surface area contributed by atoms with E-state index in [1.54, 1.807) is 0 Å². The summed E-state index contributed by atoms with van der Waals surface area (Å²) in [6.07, 6.45) is 0.609. The summed E-state index contributed by atoms with van der Waals surface area (Å²) in [4.78, 5) is 12.2. The first kappa shape index (κ1) is 13.8. The van der Waals surface area contributed by atoms with Crippen molar-refractivity contribution in [3.8, 4) is 0 Å². The molecular formula is C18H22O. The summed E-state index contributed by atoms with van der Waals surface area (Å²) in [5.74, 6) is 0.589. The fraction of sp³-hybridized carbons (Fsp3) is 0.389. The highest BCUT2D eigenvalue weighted by atomic mass is 16.1. The van der Waals surface area contributed by atoms with Crippen molar-refractivity contribution in [1.29, 1.82) is 0 Å². The number of carbonyl (C=O) groups is 1. The monoisotopic (exact) mass is 254 g/mol. The Morgan fingerprint density at radius 3 is 2.37 bits per heavy atom. The predicted octanol–water partition coefficient (Wildman–Crippen LogP) is 4.95. The van der Waals surface area contributed by atoms with Crippen LogP contribution in [0.1, 0.15) is 45.6 Å². The van der Waals surface area contributed by atoms with E-state index in [-0.39, 0.29) is 11.3 Å². The van der Waals surface area contributed by atoms with Gasteiger partial charge in [0.2, 0.25) is 0 Å². The van der Waals surface area contributed by atoms with Crippen LogP contribution < -0.4 is 0 Å². The van der Waals surface area contributed by atoms with Gasteiger partial charge in [-0.3, -0.25) is 4.79 Å². The second kappa shape index (κ2) is 5.16. The zero-order valence-electron chi connectivity index (χ0n) is 12.2. The third kappa shape index (κ3) is 3.04. The van der Waals surface area contributed by atoms with Crippen molar-refractivity contribution in [1.82, 2.24) is 0 Å². The minimum atomic E-state index is -0.251. The number of ketones is 1. The molecule has 19 heavy (non-hydrogen) atoms. The fourth-order valence-corrected chi connectivity index (χ4v) is 2.37. The molecule has 1 heteroatoms. The van der Waals surface area contributed by atoms with Gasteiger partial charge >= 0.3 is 0 Å². The smallest absolute Gasteiger partial charge is 0.138 e. The molecule has 0 N–H and O–H groups in total. The molecule has 0 radical (unpaired) electrons. The Morgan fingerprint density at radius 2 is 1.68 bits per heavy atom. The molecule has 0 fully saturated rings. The number of fused-ring (bicyclic) bond motifs is 1. The lowest BCUT2D eigenvalue weighted by molar-refractivity contribution is -0.126. The van der Waals surface area contributed by atoms with Gasteiger partial charge in [-0.15, -0.1) is 0 Å². The molecule has 2 aromatic rings. The van der Waals surface area contributed by atoms with Crippen LogP contribution in [0.25, 0.3) is 10.8 Å². The van der Waals surface area contributed by atoms with Gasteiger partial charge in [0.25, 0.3) is 0 Å². The van der Waals surface area contributed by atoms with Crippen LogP contribution in [0.5, 0.6) is 0 Å². The number of benzene rings is 2. The van der Waals surface area contributed by atoms with Gasteiger partial charge in [0.05, 0.1) is 0 Å². The summed E-state index contributed by atoms with van der Waals surface area (Å²) in [7, 11) is 0. The van der Waals surface area contributed by atoms with E-state index in [2.05, 4.69) is 49.4 Å². The first-order valence-corrected chi connectivity index (χ1v) is 6.90. The molecule has 1 atom stereocenters. The quantitative estimate of drug-likeness (QED) is 0.757. The number of carbonyl (C=O) groups excluding carboxylic acids is 1. The van der Waals surface area contributed by atoms with Crippen molar-refractivity contribution in [2.45, 2.75) is 40.0 Å². The maximum absolute atomic E-state index is 12.2. The van der Waals surface area contributed by atoms with Crippen LogP contribution in [-0.4, -0.2) is 5.78 Å². The lowest BCUT2D eigenvalue weighted by Gasteiger charge is -2.20. The van der Waals surface area contributed by atoms with Gasteiger partial charge in [0.15, 0.2) is 0 Å². The van der Waals surface area contributed by atoms with Crippen molar-refractivity contribution in [2.24, 2.45) is 5.41 Å². The van der Waals surface area contributed by atoms with Crippen molar-refractivity contribution in [3.05, 3.63) is 48.0 Å². The van der Waals surface area contributed by atoms with Crippen molar-refractivity contribution < 1.29 is 4.79 Å². The Labute approximate surface area is 115 Å². The first-order chi connectivity index (χ1) is 8.89. The summed E-state index contributed by atoms with van der Waals surface area (Å²) < 4.78 is 0. The SMILES string of the molecule is CC(CC(=O)C(C)(C)C)c1cccc2ccccc12. The minimum Gasteiger partial charge on any atom is -0.299 e. The topological polar surface area (TPSA) is 17.1 Å². The zero-order chi connectivity index (χ0) is 14.0. The first-order valence-electron chi connectivity index (χ1n) is 6.90. The third-order valence-electron chi connectivity index (χ3n) is 3.68. The molecular weight excluding hydrogens is 232 g/mol. The molecule has 1 nitrogen and oxygen atoms in total. The number of hydrogen-bond acceptors (Lipinski definition) is 1. The van der Waals surface area contributed by atoms with Crippen molar-refractivity contribution in [2.75, 3.05) is 0 Å². The molecule has 0 amide bonds. The minimum absolute atomic E-state index is 0.251. The van der Waals surface area contributed by atoms with Gasteiger partial charge in [0, 0.05) is 11.8 Å². The lowest BCUT2D eigenvalue weighted by atomic mass is 9.82. The molecule has 2 rings (SSSR count). The second-order valence-electron chi connectivity index (χ2n) is 6.35. The Hall–Kier alpha value is -1.63. The molecule has 0 aliphatic heterocycles. The van der Waals surface area contributed by atoms with E-state index in [9.17, 15) is 4.79 Å². The lowest BCUT2D eigenvalue weighted by Crippen LogP contribution is -2.21. The van der Waals surface area contributed by atoms with E-state index in [4.69, 9.17) is 0 Å². The highest BCUT2D eigenvalue weighted by Crippen LogP contribution is 2.30. The normalized spacial score (nSPS) is 13.5. The molecule has 2 aromatic carbocycles. The van der Waals surface area contributed by atoms with E-state index in [1.165, 1.54) is 16.3 Å². The number of hydrogen-bond donors (Lipinski definition) is 0. The molecule has 0 bridgehead atoms. The Bertz CT molecular complexity index is 585. The van der Waals surface area contributed by atoms with Crippen LogP contribution in [0, 0.1) is 5.41 Å². The Balaban J connectivity index is 2.32. The highest BCUT2D eigenvalue weighted by molar-refractivity contribution is 5.88. The molecule has 100 valence electrons. The summed E-state index contributed by atoms with van der Waals surface area (Å²) in [6.45, 7) is 8.12. The van der Waals surface area contributed by atoms with E-state index < -0.39 is 0 Å². The molecule has 0 saturated carbocycles. The fourth-order valence-electron chi connectivity index (χ4n) is 2.37. The van der Waals surface area contributed by atoms with Crippen LogP contribution in [0.4, 0.5) is 0 Å². The van der Waals surface area contributed by atoms with Gasteiger partial charge in [-0.1, -0.05) is 70.2 Å². The van der Waals surface area contributed by atoms with E-state index >= 15 is 0 Å². The van der Waals surface area contributed by atoms with Crippen molar-refractivity contribution >= 4 is 16.6 Å². The van der Waals surface area contributed by atoms with Crippen LogP contribution in [-0.2, 0) is 4.79 Å². The Morgan fingerprint density at radius 1 is 1.05 bits per heavy atom. The molecule has 0 saturated heterocycles. The average molecular weight is 254 g/mol. The van der Waals surface area contributed by atoms with Gasteiger partial charge < -0.3 is 0 Å². The largest absolute Gasteiger partial charge is 0.299 e. The van der Waals surface area contributed by atoms with Crippen LogP contribution in [0.15, 0.2) is 42.5 Å². The molecule has 0 spiro atoms. The summed E-state index contributed by atoms with van der Waals surface area (Å²) in [5.41, 5.74) is 1.02. The molecule has 0 aliphatic rings. The van der Waals surface area contributed by atoms with Gasteiger partial charge in [-0.2, -0.15) is 0 Å². The summed E-state index contributed by atoms with van der Waals surface area (Å²) in [5, 5.41) is 2.51. The average Bonchev–Trinajstić information content (AvgIpc) is 2.36. The van der Waals surface area contributed by atoms with E-state index in [0.29, 0.717) is 12.2 Å². The van der Waals surface area contributed by atoms with Crippen LogP contribution in [0.3, 0.4) is 0 Å². The zero-order valence-corrected chi connectivity index (χ0v) is 12.2. The van der Waals surface area contributed by atoms with Crippen LogP contribution >= 0.6 is 0 Å². The predicted molar refractivity (Wildman–Crippen MR) is 81.4 cm³/mol. The molecule has 1 unspecified atom stereocenters. The van der Waals surface area contributed by atoms with E-state index in [0.717, 1.165) is 0 Å². The molecule has 0 aromatic heterocycles. The number of Topliss-reactive ketones (excluding diaryl/α,β-unsaturated/α-hetero) is 1. The second-order valence-corrected chi connectivity index (χ2v) is 6.35. The standard InChI is InChI=1S/C18H22O/c1-13(12-17(19)18(2,3)4)15-11-7-9-14-8-5-6-10-16(14)15/h5-11,13H,12H2,1-4H3. The van der Waals surface area contributed by atoms with Crippen molar-refractivity contribution in [3.63, 3.8) is 0 Å². The van der Waals surface area contributed by atoms with E-state index in [1.807, 2.05) is 20.8 Å². The third-order valence-corrected chi connectivity index (χ3v) is 3.68. The molecule has 0 aliphatic carbocycles. The van der Waals surface area contributed by atoms with Crippen LogP contribution in [0.2, 0.25) is 0 Å². The van der Waals surface area contributed by atoms with Gasteiger partial charge in [-0.25, -0.2) is 0 Å². The Kier molecular flexibility index (Phi) is 3.75. The molecule has 0 heterocycles. The number of rotatable bonds is 3. The summed E-state index contributed by atoms with van der Waals surface area (Å²) in [6, 6.07) is 14.7. The van der Waals surface area contributed by atoms with Gasteiger partial charge in [-0.05, 0) is 22.3 Å². The maximum Gasteiger partial charge on any atom is 0.138 e.